The predicted octanol–water partition coefficient (Wildman–Crippen LogP) is 9.25. The molecular weight excluding hydrogens is 566 g/mol. The van der Waals surface area contributed by atoms with E-state index < -0.39 is 9.84 Å². The van der Waals surface area contributed by atoms with Crippen molar-refractivity contribution in [3.8, 4) is 0 Å². The van der Waals surface area contributed by atoms with Crippen LogP contribution in [0.15, 0.2) is 53.4 Å². The number of carbonyl (C=O) groups is 1. The molecular formula is C37H65N3O3S. The molecule has 1 heterocycles. The Morgan fingerprint density at radius 2 is 1.50 bits per heavy atom. The maximum atomic E-state index is 12.5. The van der Waals surface area contributed by atoms with Gasteiger partial charge in [-0.25, -0.2) is 8.42 Å². The average Bonchev–Trinajstić information content (AvgIpc) is 3.16. The van der Waals surface area contributed by atoms with E-state index in [-0.39, 0.29) is 5.91 Å². The number of hydrogen-bond acceptors (Lipinski definition) is 5. The quantitative estimate of drug-likeness (QED) is 0.223. The molecule has 252 valence electrons. The van der Waals surface area contributed by atoms with Crippen LogP contribution in [0.2, 0.25) is 0 Å². The minimum absolute atomic E-state index is 0.112. The second-order valence-corrected chi connectivity index (χ2v) is 13.4. The van der Waals surface area contributed by atoms with Crippen molar-refractivity contribution in [2.45, 2.75) is 118 Å². The fourth-order valence-corrected chi connectivity index (χ4v) is 6.78. The lowest BCUT2D eigenvalue weighted by molar-refractivity contribution is -0.116. The number of rotatable bonds is 13. The first-order valence-electron chi connectivity index (χ1n) is 17.2. The molecule has 7 heteroatoms. The van der Waals surface area contributed by atoms with Crippen LogP contribution in [-0.2, 0) is 21.1 Å². The zero-order valence-electron chi connectivity index (χ0n) is 29.6. The summed E-state index contributed by atoms with van der Waals surface area (Å²) < 4.78 is 25.1. The molecule has 0 saturated carbocycles. The monoisotopic (exact) mass is 631 g/mol. The Morgan fingerprint density at radius 3 is 2.05 bits per heavy atom. The molecule has 2 aromatic rings. The van der Waals surface area contributed by atoms with Crippen LogP contribution >= 0.6 is 0 Å². The van der Waals surface area contributed by atoms with Crippen molar-refractivity contribution in [1.82, 2.24) is 4.90 Å². The summed E-state index contributed by atoms with van der Waals surface area (Å²) >= 11 is 0. The van der Waals surface area contributed by atoms with Gasteiger partial charge in [-0.3, -0.25) is 4.79 Å². The van der Waals surface area contributed by atoms with Gasteiger partial charge in [0, 0.05) is 31.9 Å². The number of nitrogens with zero attached hydrogens (tertiary/aromatic N) is 2. The van der Waals surface area contributed by atoms with Gasteiger partial charge in [0.25, 0.3) is 0 Å². The first-order valence-corrected chi connectivity index (χ1v) is 18.9. The largest absolute Gasteiger partial charge is 0.378 e. The number of unbranched alkanes of at least 4 members (excludes halogenated alkanes) is 3. The van der Waals surface area contributed by atoms with Crippen molar-refractivity contribution in [3.63, 3.8) is 0 Å². The summed E-state index contributed by atoms with van der Waals surface area (Å²) in [6.07, 6.45) is 10.4. The van der Waals surface area contributed by atoms with Gasteiger partial charge >= 0.3 is 0 Å². The standard InChI is InChI=1S/C16H25NO2S.C15H24N2O.C4H10.C2H6/c1-4-5-6-13-7-8-14-11-15(17(2)3)9-10-16(14)20(18,19)12-13;1-3-17(4-2)13-9-8-12-15(18)16-14-10-6-5-7-11-14;1-3-4-2;1-2/h9-11,13H,4-8,12H2,1-3H3;5-7,10-11H,3-4,8-9,12-13H2,1-2H3,(H,16,18);3-4H2,1-2H3;1-2H3. The zero-order chi connectivity index (χ0) is 33.4. The highest BCUT2D eigenvalue weighted by molar-refractivity contribution is 7.91. The topological polar surface area (TPSA) is 69.7 Å². The van der Waals surface area contributed by atoms with Crippen LogP contribution in [0, 0.1) is 5.92 Å². The van der Waals surface area contributed by atoms with Crippen molar-refractivity contribution in [2.24, 2.45) is 5.92 Å². The van der Waals surface area contributed by atoms with Gasteiger partial charge in [0.2, 0.25) is 5.91 Å². The van der Waals surface area contributed by atoms with E-state index in [1.54, 1.807) is 6.07 Å². The van der Waals surface area contributed by atoms with Crippen LogP contribution in [0.4, 0.5) is 11.4 Å². The molecule has 44 heavy (non-hydrogen) atoms. The Morgan fingerprint density at radius 1 is 0.864 bits per heavy atom. The lowest BCUT2D eigenvalue weighted by Gasteiger charge is -2.17. The van der Waals surface area contributed by atoms with E-state index in [0.29, 0.717) is 23.0 Å². The summed E-state index contributed by atoms with van der Waals surface area (Å²) in [7, 11) is 0.847. The molecule has 3 rings (SSSR count). The van der Waals surface area contributed by atoms with Crippen LogP contribution in [0.25, 0.3) is 0 Å². The number of sulfone groups is 1. The van der Waals surface area contributed by atoms with Crippen LogP contribution in [0.5, 0.6) is 0 Å². The van der Waals surface area contributed by atoms with Gasteiger partial charge in [0.15, 0.2) is 9.84 Å². The fourth-order valence-electron chi connectivity index (χ4n) is 4.81. The first kappa shape index (κ1) is 41.6. The number of aryl methyl sites for hydroxylation is 1. The van der Waals surface area contributed by atoms with Crippen molar-refractivity contribution < 1.29 is 13.2 Å². The van der Waals surface area contributed by atoms with Gasteiger partial charge < -0.3 is 15.1 Å². The summed E-state index contributed by atoms with van der Waals surface area (Å²) in [6.45, 7) is 18.1. The van der Waals surface area contributed by atoms with Gasteiger partial charge in [-0.05, 0) is 93.6 Å². The Kier molecular flexibility index (Phi) is 23.5. The summed E-state index contributed by atoms with van der Waals surface area (Å²) in [5, 5.41) is 2.91. The molecule has 2 aromatic carbocycles. The van der Waals surface area contributed by atoms with E-state index in [2.05, 4.69) is 44.8 Å². The number of amides is 1. The van der Waals surface area contributed by atoms with Crippen molar-refractivity contribution in [3.05, 3.63) is 54.1 Å². The molecule has 0 spiro atoms. The van der Waals surface area contributed by atoms with Gasteiger partial charge in [-0.15, -0.1) is 0 Å². The van der Waals surface area contributed by atoms with Crippen molar-refractivity contribution >= 4 is 27.1 Å². The zero-order valence-corrected chi connectivity index (χ0v) is 30.4. The average molecular weight is 632 g/mol. The van der Waals surface area contributed by atoms with Crippen LogP contribution < -0.4 is 10.2 Å². The fraction of sp³-hybridized carbons (Fsp3) is 0.649. The Balaban J connectivity index is 0.000000716. The van der Waals surface area contributed by atoms with E-state index >= 15 is 0 Å². The van der Waals surface area contributed by atoms with E-state index in [1.165, 1.54) is 12.8 Å². The van der Waals surface area contributed by atoms with Gasteiger partial charge in [-0.2, -0.15) is 0 Å². The molecule has 6 nitrogen and oxygen atoms in total. The van der Waals surface area contributed by atoms with Crippen molar-refractivity contribution in [1.29, 1.82) is 0 Å². The highest BCUT2D eigenvalue weighted by Gasteiger charge is 2.27. The van der Waals surface area contributed by atoms with Gasteiger partial charge in [0.1, 0.15) is 0 Å². The summed E-state index contributed by atoms with van der Waals surface area (Å²) in [4.78, 5) is 16.6. The molecule has 1 aliphatic heterocycles. The minimum atomic E-state index is -3.12. The van der Waals surface area contributed by atoms with Crippen LogP contribution in [0.3, 0.4) is 0 Å². The SMILES string of the molecule is CC.CCCC.CCCCC1CCc2cc(N(C)C)ccc2S(=O)(=O)C1.CCN(CC)CCCCC(=O)Nc1ccccc1. The molecule has 1 aliphatic rings. The molecule has 1 atom stereocenters. The summed E-state index contributed by atoms with van der Waals surface area (Å²) in [6, 6.07) is 15.4. The maximum absolute atomic E-state index is 12.5. The first-order chi connectivity index (χ1) is 21.1. The van der Waals surface area contributed by atoms with E-state index in [4.69, 9.17) is 0 Å². The number of anilines is 2. The molecule has 0 aromatic heterocycles. The number of fused-ring (bicyclic) bond motifs is 1. The van der Waals surface area contributed by atoms with Gasteiger partial charge in [0.05, 0.1) is 10.6 Å². The molecule has 1 unspecified atom stereocenters. The van der Waals surface area contributed by atoms with Crippen molar-refractivity contribution in [2.75, 3.05) is 49.7 Å². The molecule has 1 N–H and O–H groups in total. The number of nitrogens with one attached hydrogen (secondary N) is 1. The highest BCUT2D eigenvalue weighted by atomic mass is 32.2. The maximum Gasteiger partial charge on any atom is 0.224 e. The summed E-state index contributed by atoms with van der Waals surface area (Å²) in [5.74, 6) is 0.748. The minimum Gasteiger partial charge on any atom is -0.378 e. The van der Waals surface area contributed by atoms with Crippen LogP contribution in [0.1, 0.15) is 112 Å². The Hall–Kier alpha value is -2.38. The molecule has 0 fully saturated rings. The normalized spacial score (nSPS) is 14.7. The lowest BCUT2D eigenvalue weighted by atomic mass is 9.96. The van der Waals surface area contributed by atoms with E-state index in [0.717, 1.165) is 81.5 Å². The molecule has 1 amide bonds. The third-order valence-corrected chi connectivity index (χ3v) is 9.70. The van der Waals surface area contributed by atoms with E-state index in [9.17, 15) is 13.2 Å². The number of benzene rings is 2. The summed E-state index contributed by atoms with van der Waals surface area (Å²) in [5.41, 5.74) is 2.95. The Labute approximate surface area is 271 Å². The molecule has 0 bridgehead atoms. The molecule has 0 aliphatic carbocycles. The third-order valence-electron chi connectivity index (χ3n) is 7.72. The second kappa shape index (κ2) is 24.9. The molecule has 0 saturated heterocycles. The second-order valence-electron chi connectivity index (χ2n) is 11.4. The van der Waals surface area contributed by atoms with E-state index in [1.807, 2.05) is 75.3 Å². The Bertz CT molecular complexity index is 1100. The van der Waals surface area contributed by atoms with Crippen LogP contribution in [-0.4, -0.2) is 58.7 Å². The third kappa shape index (κ3) is 17.2. The lowest BCUT2D eigenvalue weighted by Crippen LogP contribution is -2.24. The number of hydrogen-bond donors (Lipinski definition) is 1. The highest BCUT2D eigenvalue weighted by Crippen LogP contribution is 2.31. The smallest absolute Gasteiger partial charge is 0.224 e. The predicted molar refractivity (Wildman–Crippen MR) is 193 cm³/mol. The number of carbonyl (C=O) groups excluding carboxylic acids is 1. The van der Waals surface area contributed by atoms with Gasteiger partial charge in [-0.1, -0.05) is 92.3 Å². The number of para-hydroxylation sites is 1. The molecule has 0 radical (unpaired) electrons.